The van der Waals surface area contributed by atoms with Crippen LogP contribution in [0.5, 0.6) is 0 Å². The molecule has 1 amide bonds. The smallest absolute Gasteiger partial charge is 0.251 e. The lowest BCUT2D eigenvalue weighted by Gasteiger charge is -2.29. The van der Waals surface area contributed by atoms with Crippen molar-refractivity contribution in [2.45, 2.75) is 38.7 Å². The molecular weight excluding hydrogens is 204 g/mol. The fourth-order valence-corrected chi connectivity index (χ4v) is 2.11. The van der Waals surface area contributed by atoms with E-state index in [4.69, 9.17) is 0 Å². The minimum Gasteiger partial charge on any atom is -0.381 e. The van der Waals surface area contributed by atoms with E-state index in [9.17, 15) is 9.90 Å². The average Bonchev–Trinajstić information content (AvgIpc) is 2.16. The predicted octanol–water partition coefficient (Wildman–Crippen LogP) is 0.605. The molecule has 4 nitrogen and oxygen atoms in total. The summed E-state index contributed by atoms with van der Waals surface area (Å²) in [4.78, 5) is 13.7. The van der Waals surface area contributed by atoms with Gasteiger partial charge in [0, 0.05) is 13.1 Å². The molecule has 1 fully saturated rings. The monoisotopic (exact) mass is 228 g/mol. The summed E-state index contributed by atoms with van der Waals surface area (Å²) in [6.45, 7) is 6.00. The predicted molar refractivity (Wildman–Crippen MR) is 64.1 cm³/mol. The zero-order chi connectivity index (χ0) is 12.2. The first-order valence-corrected chi connectivity index (χ1v) is 6.09. The van der Waals surface area contributed by atoms with Crippen molar-refractivity contribution in [3.63, 3.8) is 0 Å². The number of nitrogens with one attached hydrogen (secondary N) is 1. The van der Waals surface area contributed by atoms with Gasteiger partial charge in [0.15, 0.2) is 0 Å². The molecule has 16 heavy (non-hydrogen) atoms. The summed E-state index contributed by atoms with van der Waals surface area (Å²) in [6.07, 6.45) is 3.51. The fourth-order valence-electron chi connectivity index (χ4n) is 2.11. The second kappa shape index (κ2) is 5.64. The van der Waals surface area contributed by atoms with E-state index in [-0.39, 0.29) is 5.91 Å². The van der Waals surface area contributed by atoms with Gasteiger partial charge in [0.2, 0.25) is 0 Å². The lowest BCUT2D eigenvalue weighted by Crippen LogP contribution is -2.43. The van der Waals surface area contributed by atoms with Crippen LogP contribution in [0, 0.1) is 5.92 Å². The third-order valence-electron chi connectivity index (χ3n) is 3.12. The van der Waals surface area contributed by atoms with Gasteiger partial charge < -0.3 is 15.3 Å². The van der Waals surface area contributed by atoms with Gasteiger partial charge in [-0.1, -0.05) is 0 Å². The summed E-state index contributed by atoms with van der Waals surface area (Å²) in [5.41, 5.74) is -1.26. The zero-order valence-corrected chi connectivity index (χ0v) is 10.6. The molecule has 1 rings (SSSR count). The van der Waals surface area contributed by atoms with Gasteiger partial charge in [-0.3, -0.25) is 4.79 Å². The highest BCUT2D eigenvalue weighted by atomic mass is 16.3. The van der Waals surface area contributed by atoms with E-state index in [0.717, 1.165) is 13.0 Å². The zero-order valence-electron chi connectivity index (χ0n) is 10.6. The van der Waals surface area contributed by atoms with E-state index in [1.807, 2.05) is 0 Å². The molecule has 0 aliphatic carbocycles. The first-order valence-electron chi connectivity index (χ1n) is 6.09. The minimum absolute atomic E-state index is 0.281. The van der Waals surface area contributed by atoms with E-state index in [1.54, 1.807) is 0 Å². The van der Waals surface area contributed by atoms with Crippen LogP contribution >= 0.6 is 0 Å². The van der Waals surface area contributed by atoms with Crippen molar-refractivity contribution >= 4 is 5.91 Å². The standard InChI is InChI=1S/C12H24N2O2/c1-12(2,16)11(15)13-7-6-10-5-4-8-14(3)9-10/h10,16H,4-9H2,1-3H3,(H,13,15). The van der Waals surface area contributed by atoms with E-state index in [0.29, 0.717) is 12.5 Å². The molecular formula is C12H24N2O2. The second-order valence-corrected chi connectivity index (χ2v) is 5.37. The number of carbonyl (C=O) groups excluding carboxylic acids is 1. The van der Waals surface area contributed by atoms with Crippen LogP contribution in [-0.2, 0) is 4.79 Å². The number of carbonyl (C=O) groups is 1. The molecule has 0 radical (unpaired) electrons. The first kappa shape index (κ1) is 13.5. The molecule has 1 atom stereocenters. The normalized spacial score (nSPS) is 23.1. The molecule has 2 N–H and O–H groups in total. The van der Waals surface area contributed by atoms with Crippen molar-refractivity contribution in [1.29, 1.82) is 0 Å². The minimum atomic E-state index is -1.26. The summed E-state index contributed by atoms with van der Waals surface area (Å²) in [7, 11) is 2.14. The van der Waals surface area contributed by atoms with Crippen LogP contribution in [0.15, 0.2) is 0 Å². The third kappa shape index (κ3) is 4.49. The number of hydrogen-bond acceptors (Lipinski definition) is 3. The number of rotatable bonds is 4. The van der Waals surface area contributed by atoms with Crippen molar-refractivity contribution in [2.24, 2.45) is 5.92 Å². The van der Waals surface area contributed by atoms with Crippen LogP contribution in [0.25, 0.3) is 0 Å². The van der Waals surface area contributed by atoms with Gasteiger partial charge in [-0.25, -0.2) is 0 Å². The van der Waals surface area contributed by atoms with Gasteiger partial charge in [-0.05, 0) is 52.6 Å². The Kier molecular flexibility index (Phi) is 4.74. The quantitative estimate of drug-likeness (QED) is 0.741. The van der Waals surface area contributed by atoms with Gasteiger partial charge >= 0.3 is 0 Å². The summed E-state index contributed by atoms with van der Waals surface area (Å²) in [5.74, 6) is 0.400. The Hall–Kier alpha value is -0.610. The Morgan fingerprint density at radius 1 is 1.56 bits per heavy atom. The van der Waals surface area contributed by atoms with Crippen LogP contribution in [0.3, 0.4) is 0 Å². The average molecular weight is 228 g/mol. The molecule has 1 unspecified atom stereocenters. The van der Waals surface area contributed by atoms with E-state index < -0.39 is 5.60 Å². The summed E-state index contributed by atoms with van der Waals surface area (Å²) in [6, 6.07) is 0. The second-order valence-electron chi connectivity index (χ2n) is 5.37. The largest absolute Gasteiger partial charge is 0.381 e. The molecule has 94 valence electrons. The molecule has 0 aromatic rings. The van der Waals surface area contributed by atoms with Crippen LogP contribution in [0.4, 0.5) is 0 Å². The van der Waals surface area contributed by atoms with E-state index >= 15 is 0 Å². The highest BCUT2D eigenvalue weighted by Crippen LogP contribution is 2.17. The van der Waals surface area contributed by atoms with E-state index in [1.165, 1.54) is 33.2 Å². The van der Waals surface area contributed by atoms with Crippen LogP contribution in [0.2, 0.25) is 0 Å². The maximum Gasteiger partial charge on any atom is 0.251 e. The number of amides is 1. The van der Waals surface area contributed by atoms with Crippen molar-refractivity contribution < 1.29 is 9.90 Å². The van der Waals surface area contributed by atoms with Gasteiger partial charge in [0.25, 0.3) is 5.91 Å². The van der Waals surface area contributed by atoms with Gasteiger partial charge in [0.05, 0.1) is 0 Å². The lowest BCUT2D eigenvalue weighted by molar-refractivity contribution is -0.136. The van der Waals surface area contributed by atoms with E-state index in [2.05, 4.69) is 17.3 Å². The fraction of sp³-hybridized carbons (Fsp3) is 0.917. The summed E-state index contributed by atoms with van der Waals surface area (Å²) < 4.78 is 0. The summed E-state index contributed by atoms with van der Waals surface area (Å²) in [5, 5.41) is 12.2. The lowest BCUT2D eigenvalue weighted by atomic mass is 9.95. The summed E-state index contributed by atoms with van der Waals surface area (Å²) >= 11 is 0. The Bertz CT molecular complexity index is 236. The van der Waals surface area contributed by atoms with Gasteiger partial charge in [0.1, 0.15) is 5.60 Å². The Morgan fingerprint density at radius 2 is 2.25 bits per heavy atom. The maximum atomic E-state index is 11.4. The van der Waals surface area contributed by atoms with Gasteiger partial charge in [-0.15, -0.1) is 0 Å². The van der Waals surface area contributed by atoms with Crippen LogP contribution in [-0.4, -0.2) is 48.2 Å². The first-order chi connectivity index (χ1) is 7.39. The molecule has 4 heteroatoms. The number of hydrogen-bond donors (Lipinski definition) is 2. The number of aliphatic hydroxyl groups is 1. The Morgan fingerprint density at radius 3 is 2.81 bits per heavy atom. The van der Waals surface area contributed by atoms with Gasteiger partial charge in [-0.2, -0.15) is 0 Å². The molecule has 1 aliphatic heterocycles. The Balaban J connectivity index is 2.18. The topological polar surface area (TPSA) is 52.6 Å². The SMILES string of the molecule is CN1CCCC(CCNC(=O)C(C)(C)O)C1. The molecule has 1 aliphatic rings. The van der Waals surface area contributed by atoms with Crippen molar-refractivity contribution in [1.82, 2.24) is 10.2 Å². The van der Waals surface area contributed by atoms with Crippen molar-refractivity contribution in [2.75, 3.05) is 26.7 Å². The molecule has 0 aromatic carbocycles. The molecule has 0 spiro atoms. The van der Waals surface area contributed by atoms with Crippen molar-refractivity contribution in [3.8, 4) is 0 Å². The highest BCUT2D eigenvalue weighted by Gasteiger charge is 2.23. The Labute approximate surface area is 98.0 Å². The molecule has 0 aromatic heterocycles. The molecule has 1 heterocycles. The molecule has 0 saturated carbocycles. The van der Waals surface area contributed by atoms with Crippen molar-refractivity contribution in [3.05, 3.63) is 0 Å². The third-order valence-corrected chi connectivity index (χ3v) is 3.12. The molecule has 0 bridgehead atoms. The number of likely N-dealkylation sites (tertiary alicyclic amines) is 1. The van der Waals surface area contributed by atoms with Crippen LogP contribution in [0.1, 0.15) is 33.1 Å². The maximum absolute atomic E-state index is 11.4. The highest BCUT2D eigenvalue weighted by molar-refractivity contribution is 5.83. The number of nitrogens with zero attached hydrogens (tertiary/aromatic N) is 1. The number of piperidine rings is 1. The van der Waals surface area contributed by atoms with Crippen LogP contribution < -0.4 is 5.32 Å². The molecule has 1 saturated heterocycles.